The number of para-hydroxylation sites is 1. The van der Waals surface area contributed by atoms with Crippen LogP contribution in [0.2, 0.25) is 0 Å². The molecule has 96 valence electrons. The van der Waals surface area contributed by atoms with Gasteiger partial charge in [-0.25, -0.2) is 8.42 Å². The molecule has 0 amide bonds. The molecular formula is C8H6ClF3O4S. The lowest BCUT2D eigenvalue weighted by molar-refractivity contribution is -0.275. The fraction of sp³-hybridized carbons (Fsp3) is 0.250. The molecule has 0 unspecified atom stereocenters. The van der Waals surface area contributed by atoms with E-state index >= 15 is 0 Å². The molecule has 0 aliphatic heterocycles. The van der Waals surface area contributed by atoms with Crippen LogP contribution in [0.5, 0.6) is 11.5 Å². The summed E-state index contributed by atoms with van der Waals surface area (Å²) in [7, 11) is 1.82. The first-order chi connectivity index (χ1) is 7.65. The Hall–Kier alpha value is -1.15. The van der Waals surface area contributed by atoms with Gasteiger partial charge in [0.1, 0.15) is 4.90 Å². The van der Waals surface area contributed by atoms with Crippen molar-refractivity contribution in [1.29, 1.82) is 0 Å². The van der Waals surface area contributed by atoms with Crippen molar-refractivity contribution < 1.29 is 31.1 Å². The number of hydrogen-bond donors (Lipinski definition) is 0. The molecule has 0 heterocycles. The maximum Gasteiger partial charge on any atom is 0.573 e. The molecule has 1 rings (SSSR count). The highest BCUT2D eigenvalue weighted by Crippen LogP contribution is 2.38. The van der Waals surface area contributed by atoms with Crippen molar-refractivity contribution in [3.8, 4) is 11.5 Å². The third-order valence-corrected chi connectivity index (χ3v) is 2.98. The number of hydrogen-bond acceptors (Lipinski definition) is 4. The zero-order chi connectivity index (χ0) is 13.3. The van der Waals surface area contributed by atoms with E-state index in [1.54, 1.807) is 0 Å². The maximum absolute atomic E-state index is 12.0. The van der Waals surface area contributed by atoms with Crippen molar-refractivity contribution in [3.05, 3.63) is 18.2 Å². The molecule has 17 heavy (non-hydrogen) atoms. The van der Waals surface area contributed by atoms with E-state index in [1.807, 2.05) is 0 Å². The van der Waals surface area contributed by atoms with Crippen molar-refractivity contribution in [2.45, 2.75) is 11.3 Å². The van der Waals surface area contributed by atoms with Crippen molar-refractivity contribution in [2.24, 2.45) is 0 Å². The largest absolute Gasteiger partial charge is 0.573 e. The average molecular weight is 291 g/mol. The van der Waals surface area contributed by atoms with Crippen LogP contribution in [0.4, 0.5) is 13.2 Å². The highest BCUT2D eigenvalue weighted by atomic mass is 35.7. The first kappa shape index (κ1) is 13.9. The predicted molar refractivity (Wildman–Crippen MR) is 52.7 cm³/mol. The molecule has 1 aromatic rings. The molecule has 0 aliphatic rings. The number of alkyl halides is 3. The Bertz CT molecular complexity index is 512. The van der Waals surface area contributed by atoms with E-state index in [1.165, 1.54) is 0 Å². The average Bonchev–Trinajstić information content (AvgIpc) is 2.13. The van der Waals surface area contributed by atoms with Crippen LogP contribution in [0, 0.1) is 0 Å². The zero-order valence-electron chi connectivity index (χ0n) is 8.29. The van der Waals surface area contributed by atoms with E-state index in [2.05, 4.69) is 9.47 Å². The number of benzene rings is 1. The Kier molecular flexibility index (Phi) is 3.78. The minimum Gasteiger partial charge on any atom is -0.492 e. The van der Waals surface area contributed by atoms with E-state index in [9.17, 15) is 21.6 Å². The summed E-state index contributed by atoms with van der Waals surface area (Å²) in [5, 5.41) is 0. The lowest BCUT2D eigenvalue weighted by atomic mass is 10.3. The fourth-order valence-electron chi connectivity index (χ4n) is 1.09. The summed E-state index contributed by atoms with van der Waals surface area (Å²) in [5.74, 6) is -1.37. The lowest BCUT2D eigenvalue weighted by Crippen LogP contribution is -2.18. The molecule has 0 saturated heterocycles. The second kappa shape index (κ2) is 4.61. The quantitative estimate of drug-likeness (QED) is 0.803. The van der Waals surface area contributed by atoms with Gasteiger partial charge in [0.15, 0.2) is 11.5 Å². The highest BCUT2D eigenvalue weighted by Gasteiger charge is 2.33. The summed E-state index contributed by atoms with van der Waals surface area (Å²) in [6, 6.07) is 2.97. The monoisotopic (exact) mass is 290 g/mol. The number of methoxy groups -OCH3 is 1. The van der Waals surface area contributed by atoms with Crippen LogP contribution in [-0.2, 0) is 9.05 Å². The first-order valence-corrected chi connectivity index (χ1v) is 6.33. The summed E-state index contributed by atoms with van der Waals surface area (Å²) in [4.78, 5) is -0.594. The van der Waals surface area contributed by atoms with Crippen molar-refractivity contribution in [2.75, 3.05) is 7.11 Å². The van der Waals surface area contributed by atoms with Gasteiger partial charge in [-0.15, -0.1) is 13.2 Å². The molecule has 0 saturated carbocycles. The van der Waals surface area contributed by atoms with Gasteiger partial charge < -0.3 is 9.47 Å². The van der Waals surface area contributed by atoms with Gasteiger partial charge in [-0.3, -0.25) is 0 Å². The van der Waals surface area contributed by atoms with Gasteiger partial charge in [-0.2, -0.15) is 0 Å². The summed E-state index contributed by atoms with van der Waals surface area (Å²) in [6.07, 6.45) is -4.96. The third-order valence-electron chi connectivity index (χ3n) is 1.64. The van der Waals surface area contributed by atoms with Crippen LogP contribution in [0.1, 0.15) is 0 Å². The molecular weight excluding hydrogens is 285 g/mol. The molecule has 0 bridgehead atoms. The molecule has 9 heteroatoms. The number of halogens is 4. The summed E-state index contributed by atoms with van der Waals surface area (Å²) in [5.41, 5.74) is 0. The molecule has 0 aliphatic carbocycles. The van der Waals surface area contributed by atoms with Crippen molar-refractivity contribution >= 4 is 19.7 Å². The number of rotatable bonds is 3. The smallest absolute Gasteiger partial charge is 0.492 e. The minimum absolute atomic E-state index is 0.594. The summed E-state index contributed by atoms with van der Waals surface area (Å²) < 4.78 is 66.4. The summed E-state index contributed by atoms with van der Waals surface area (Å²) in [6.45, 7) is 0. The van der Waals surface area contributed by atoms with Crippen LogP contribution >= 0.6 is 10.7 Å². The van der Waals surface area contributed by atoms with E-state index in [-0.39, 0.29) is 0 Å². The van der Waals surface area contributed by atoms with Gasteiger partial charge in [0.05, 0.1) is 7.11 Å². The lowest BCUT2D eigenvalue weighted by Gasteiger charge is -2.13. The van der Waals surface area contributed by atoms with E-state index in [4.69, 9.17) is 10.7 Å². The standard InChI is InChI=1S/C8H6ClF3O4S/c1-15-7-5(16-8(10,11)12)3-2-4-6(7)17(9,13)14/h2-4H,1H3. The van der Waals surface area contributed by atoms with Crippen LogP contribution in [-0.4, -0.2) is 21.9 Å². The zero-order valence-corrected chi connectivity index (χ0v) is 9.86. The molecule has 0 spiro atoms. The van der Waals surface area contributed by atoms with Crippen LogP contribution in [0.15, 0.2) is 23.1 Å². The van der Waals surface area contributed by atoms with E-state index in [0.29, 0.717) is 0 Å². The second-order valence-electron chi connectivity index (χ2n) is 2.77. The van der Waals surface area contributed by atoms with Gasteiger partial charge in [-0.1, -0.05) is 6.07 Å². The fourth-order valence-corrected chi connectivity index (χ4v) is 2.10. The van der Waals surface area contributed by atoms with E-state index in [0.717, 1.165) is 25.3 Å². The van der Waals surface area contributed by atoms with Crippen LogP contribution in [0.3, 0.4) is 0 Å². The van der Waals surface area contributed by atoms with Gasteiger partial charge in [-0.05, 0) is 12.1 Å². The third kappa shape index (κ3) is 3.67. The predicted octanol–water partition coefficient (Wildman–Crippen LogP) is 2.52. The Balaban J connectivity index is 3.34. The summed E-state index contributed by atoms with van der Waals surface area (Å²) >= 11 is 0. The Morgan fingerprint density at radius 2 is 1.88 bits per heavy atom. The SMILES string of the molecule is COc1c(OC(F)(F)F)cccc1S(=O)(=O)Cl. The van der Waals surface area contributed by atoms with Crippen LogP contribution < -0.4 is 9.47 Å². The van der Waals surface area contributed by atoms with E-state index < -0.39 is 31.8 Å². The molecule has 1 aromatic carbocycles. The molecule has 0 N–H and O–H groups in total. The normalized spacial score (nSPS) is 12.3. The van der Waals surface area contributed by atoms with Crippen LogP contribution in [0.25, 0.3) is 0 Å². The molecule has 0 radical (unpaired) electrons. The van der Waals surface area contributed by atoms with Gasteiger partial charge in [0.25, 0.3) is 9.05 Å². The minimum atomic E-state index is -4.96. The van der Waals surface area contributed by atoms with Gasteiger partial charge in [0.2, 0.25) is 0 Å². The first-order valence-electron chi connectivity index (χ1n) is 4.02. The maximum atomic E-state index is 12.0. The molecule has 4 nitrogen and oxygen atoms in total. The Morgan fingerprint density at radius 3 is 2.29 bits per heavy atom. The van der Waals surface area contributed by atoms with Crippen molar-refractivity contribution in [1.82, 2.24) is 0 Å². The Morgan fingerprint density at radius 1 is 1.29 bits per heavy atom. The number of ether oxygens (including phenoxy) is 2. The molecule has 0 atom stereocenters. The highest BCUT2D eigenvalue weighted by molar-refractivity contribution is 8.13. The van der Waals surface area contributed by atoms with Gasteiger partial charge >= 0.3 is 6.36 Å². The Labute approximate surface area is 99.3 Å². The second-order valence-corrected chi connectivity index (χ2v) is 5.31. The molecule has 0 aromatic heterocycles. The van der Waals surface area contributed by atoms with Gasteiger partial charge in [0, 0.05) is 10.7 Å². The van der Waals surface area contributed by atoms with Crippen molar-refractivity contribution in [3.63, 3.8) is 0 Å². The topological polar surface area (TPSA) is 52.6 Å². The molecule has 0 fully saturated rings.